The predicted octanol–water partition coefficient (Wildman–Crippen LogP) is 4.59. The van der Waals surface area contributed by atoms with Gasteiger partial charge >= 0.3 is 0 Å². The van der Waals surface area contributed by atoms with E-state index in [1.165, 1.54) is 0 Å². The van der Waals surface area contributed by atoms with Crippen LogP contribution in [0, 0.1) is 12.7 Å². The molecule has 0 radical (unpaired) electrons. The highest BCUT2D eigenvalue weighted by atomic mass is 79.9. The van der Waals surface area contributed by atoms with Crippen molar-refractivity contribution in [2.45, 2.75) is 38.6 Å². The Hall–Kier alpha value is -0.710. The smallest absolute Gasteiger partial charge is 0.130 e. The number of hydrogen-bond acceptors (Lipinski definition) is 2. The fourth-order valence-electron chi connectivity index (χ4n) is 3.15. The quantitative estimate of drug-likeness (QED) is 0.559. The molecule has 0 spiro atoms. The number of aryl methyl sites for hydroxylation is 1. The maximum atomic E-state index is 14.7. The first-order valence-electron chi connectivity index (χ1n) is 8.14. The Labute approximate surface area is 141 Å². The van der Waals surface area contributed by atoms with E-state index in [-0.39, 0.29) is 11.9 Å². The van der Waals surface area contributed by atoms with Crippen LogP contribution in [0.2, 0.25) is 0 Å². The Morgan fingerprint density at radius 2 is 2.09 bits per heavy atom. The largest absolute Gasteiger partial charge is 0.314 e. The van der Waals surface area contributed by atoms with Gasteiger partial charge in [-0.2, -0.15) is 0 Å². The van der Waals surface area contributed by atoms with E-state index in [9.17, 15) is 4.39 Å². The van der Waals surface area contributed by atoms with Crippen molar-refractivity contribution in [2.24, 2.45) is 0 Å². The molecule has 2 nitrogen and oxygen atoms in total. The summed E-state index contributed by atoms with van der Waals surface area (Å²) in [6, 6.07) is 3.98. The molecule has 0 aromatic heterocycles. The fraction of sp³-hybridized carbons (Fsp3) is 0.556. The van der Waals surface area contributed by atoms with Gasteiger partial charge in [0.05, 0.1) is 0 Å². The third kappa shape index (κ3) is 4.64. The van der Waals surface area contributed by atoms with Gasteiger partial charge in [0.2, 0.25) is 0 Å². The lowest BCUT2D eigenvalue weighted by Gasteiger charge is -2.35. The summed E-state index contributed by atoms with van der Waals surface area (Å²) in [4.78, 5) is 2.43. The second-order valence-electron chi connectivity index (χ2n) is 6.00. The van der Waals surface area contributed by atoms with Gasteiger partial charge in [-0.1, -0.05) is 28.4 Å². The minimum atomic E-state index is -0.0459. The Morgan fingerprint density at radius 1 is 1.36 bits per heavy atom. The monoisotopic (exact) mass is 368 g/mol. The van der Waals surface area contributed by atoms with Gasteiger partial charge in [-0.05, 0) is 43.9 Å². The van der Waals surface area contributed by atoms with Crippen LogP contribution >= 0.6 is 15.9 Å². The number of allylic oxidation sites excluding steroid dienone is 1. The Bertz CT molecular complexity index is 498. The number of halogens is 2. The van der Waals surface area contributed by atoms with Crippen LogP contribution < -0.4 is 5.32 Å². The van der Waals surface area contributed by atoms with Gasteiger partial charge in [0, 0.05) is 42.3 Å². The standard InChI is InChI=1S/C18H26BrFN2/c1-3-4-5-6-7-17(22-10-8-21-9-11-22)16-13-15(19)12-14(2)18(16)20/h3,12-13,17,21H,1,4-11H2,2H3/t17-/m0/s1. The van der Waals surface area contributed by atoms with Crippen molar-refractivity contribution in [3.8, 4) is 0 Å². The van der Waals surface area contributed by atoms with Crippen LogP contribution in [0.3, 0.4) is 0 Å². The highest BCUT2D eigenvalue weighted by Crippen LogP contribution is 2.32. The van der Waals surface area contributed by atoms with Crippen molar-refractivity contribution in [1.29, 1.82) is 0 Å². The molecule has 1 N–H and O–H groups in total. The molecule has 22 heavy (non-hydrogen) atoms. The van der Waals surface area contributed by atoms with Crippen LogP contribution in [0.25, 0.3) is 0 Å². The molecule has 1 atom stereocenters. The minimum absolute atomic E-state index is 0.0459. The zero-order valence-corrected chi connectivity index (χ0v) is 15.0. The summed E-state index contributed by atoms with van der Waals surface area (Å²) in [5.41, 5.74) is 1.56. The van der Waals surface area contributed by atoms with Crippen LogP contribution in [0.5, 0.6) is 0 Å². The Kier molecular flexibility index (Phi) is 7.06. The zero-order chi connectivity index (χ0) is 15.9. The molecule has 1 fully saturated rings. The number of piperazine rings is 1. The van der Waals surface area contributed by atoms with E-state index >= 15 is 0 Å². The lowest BCUT2D eigenvalue weighted by atomic mass is 9.96. The number of hydrogen-bond donors (Lipinski definition) is 1. The van der Waals surface area contributed by atoms with E-state index in [2.05, 4.69) is 32.7 Å². The molecular formula is C18H26BrFN2. The molecule has 1 aliphatic rings. The molecule has 0 saturated carbocycles. The average molecular weight is 369 g/mol. The SMILES string of the molecule is C=CCCCC[C@@H](c1cc(Br)cc(C)c1F)N1CCNCC1. The van der Waals surface area contributed by atoms with Crippen molar-refractivity contribution in [3.63, 3.8) is 0 Å². The first kappa shape index (κ1) is 17.6. The summed E-state index contributed by atoms with van der Waals surface area (Å²) < 4.78 is 15.6. The van der Waals surface area contributed by atoms with Crippen LogP contribution in [-0.4, -0.2) is 31.1 Å². The first-order chi connectivity index (χ1) is 10.6. The normalized spacial score (nSPS) is 17.4. The van der Waals surface area contributed by atoms with Crippen LogP contribution in [-0.2, 0) is 0 Å². The highest BCUT2D eigenvalue weighted by Gasteiger charge is 2.25. The van der Waals surface area contributed by atoms with Gasteiger partial charge in [-0.15, -0.1) is 6.58 Å². The Morgan fingerprint density at radius 3 is 2.77 bits per heavy atom. The number of rotatable bonds is 7. The van der Waals surface area contributed by atoms with Gasteiger partial charge in [-0.25, -0.2) is 4.39 Å². The van der Waals surface area contributed by atoms with E-state index in [1.54, 1.807) is 0 Å². The molecular weight excluding hydrogens is 343 g/mol. The zero-order valence-electron chi connectivity index (χ0n) is 13.4. The summed E-state index contributed by atoms with van der Waals surface area (Å²) in [5, 5.41) is 3.38. The third-order valence-corrected chi connectivity index (χ3v) is 4.79. The van der Waals surface area contributed by atoms with Gasteiger partial charge < -0.3 is 5.32 Å². The molecule has 2 rings (SSSR count). The van der Waals surface area contributed by atoms with E-state index < -0.39 is 0 Å². The van der Waals surface area contributed by atoms with Crippen LogP contribution in [0.15, 0.2) is 29.3 Å². The molecule has 4 heteroatoms. The summed E-state index contributed by atoms with van der Waals surface area (Å²) in [7, 11) is 0. The molecule has 0 aliphatic carbocycles. The van der Waals surface area contributed by atoms with Crippen molar-refractivity contribution in [2.75, 3.05) is 26.2 Å². The number of unbranched alkanes of at least 4 members (excludes halogenated alkanes) is 2. The molecule has 122 valence electrons. The highest BCUT2D eigenvalue weighted by molar-refractivity contribution is 9.10. The molecule has 1 aromatic carbocycles. The van der Waals surface area contributed by atoms with Crippen LogP contribution in [0.1, 0.15) is 42.9 Å². The van der Waals surface area contributed by atoms with Crippen molar-refractivity contribution in [1.82, 2.24) is 10.2 Å². The van der Waals surface area contributed by atoms with E-state index in [4.69, 9.17) is 0 Å². The van der Waals surface area contributed by atoms with Gasteiger partial charge in [0.25, 0.3) is 0 Å². The molecule has 1 saturated heterocycles. The summed E-state index contributed by atoms with van der Waals surface area (Å²) in [5.74, 6) is -0.0459. The van der Waals surface area contributed by atoms with E-state index in [0.717, 1.165) is 67.5 Å². The van der Waals surface area contributed by atoms with Crippen LogP contribution in [0.4, 0.5) is 4.39 Å². The maximum absolute atomic E-state index is 14.7. The number of benzene rings is 1. The van der Waals surface area contributed by atoms with Crippen molar-refractivity contribution < 1.29 is 4.39 Å². The lowest BCUT2D eigenvalue weighted by molar-refractivity contribution is 0.159. The first-order valence-corrected chi connectivity index (χ1v) is 8.94. The molecule has 0 bridgehead atoms. The second kappa shape index (κ2) is 8.80. The lowest BCUT2D eigenvalue weighted by Crippen LogP contribution is -2.45. The second-order valence-corrected chi connectivity index (χ2v) is 6.92. The van der Waals surface area contributed by atoms with E-state index in [1.807, 2.05) is 25.1 Å². The van der Waals surface area contributed by atoms with Crippen molar-refractivity contribution in [3.05, 3.63) is 46.2 Å². The predicted molar refractivity (Wildman–Crippen MR) is 94.7 cm³/mol. The van der Waals surface area contributed by atoms with Gasteiger partial charge in [0.15, 0.2) is 0 Å². The molecule has 0 unspecified atom stereocenters. The summed E-state index contributed by atoms with van der Waals surface area (Å²) >= 11 is 3.52. The van der Waals surface area contributed by atoms with Crippen molar-refractivity contribution >= 4 is 15.9 Å². The van der Waals surface area contributed by atoms with Gasteiger partial charge in [-0.3, -0.25) is 4.90 Å². The number of nitrogens with zero attached hydrogens (tertiary/aromatic N) is 1. The maximum Gasteiger partial charge on any atom is 0.130 e. The third-order valence-electron chi connectivity index (χ3n) is 4.33. The molecule has 1 aromatic rings. The van der Waals surface area contributed by atoms with E-state index in [0.29, 0.717) is 0 Å². The molecule has 1 heterocycles. The topological polar surface area (TPSA) is 15.3 Å². The fourth-order valence-corrected chi connectivity index (χ4v) is 3.74. The summed E-state index contributed by atoms with van der Waals surface area (Å²) in [6.45, 7) is 9.56. The number of nitrogens with one attached hydrogen (secondary N) is 1. The average Bonchev–Trinajstić information content (AvgIpc) is 2.52. The molecule has 0 amide bonds. The Balaban J connectivity index is 2.20. The van der Waals surface area contributed by atoms with Gasteiger partial charge in [0.1, 0.15) is 5.82 Å². The minimum Gasteiger partial charge on any atom is -0.314 e. The molecule has 1 aliphatic heterocycles. The summed E-state index contributed by atoms with van der Waals surface area (Å²) in [6.07, 6.45) is 6.23.